The van der Waals surface area contributed by atoms with Crippen LogP contribution >= 0.6 is 0 Å². The van der Waals surface area contributed by atoms with E-state index in [0.29, 0.717) is 6.54 Å². The molecule has 0 bridgehead atoms. The van der Waals surface area contributed by atoms with E-state index >= 15 is 0 Å². The van der Waals surface area contributed by atoms with Crippen LogP contribution in [0.3, 0.4) is 0 Å². The fourth-order valence-electron chi connectivity index (χ4n) is 1.05. The molecule has 0 aliphatic carbocycles. The van der Waals surface area contributed by atoms with Crippen LogP contribution in [0.4, 0.5) is 0 Å². The van der Waals surface area contributed by atoms with Crippen LogP contribution in [0.25, 0.3) is 0 Å². The zero-order chi connectivity index (χ0) is 10.1. The van der Waals surface area contributed by atoms with Gasteiger partial charge in [-0.05, 0) is 14.0 Å². The molecule has 0 aromatic carbocycles. The number of likely N-dealkylation sites (N-methyl/N-ethyl adjacent to an activating group) is 1. The van der Waals surface area contributed by atoms with Crippen molar-refractivity contribution in [1.29, 1.82) is 0 Å². The molecule has 0 heterocycles. The molecule has 80 valence electrons. The molecule has 0 amide bonds. The second-order valence-corrected chi connectivity index (χ2v) is 3.05. The lowest BCUT2D eigenvalue weighted by molar-refractivity contribution is 0.0626. The highest BCUT2D eigenvalue weighted by atomic mass is 16.5. The summed E-state index contributed by atoms with van der Waals surface area (Å²) in [6.07, 6.45) is 0.131. The Balaban J connectivity index is 3.42. The normalized spacial score (nSPS) is 13.6. The van der Waals surface area contributed by atoms with E-state index in [1.165, 1.54) is 0 Å². The number of nitrogens with two attached hydrogens (primary N) is 1. The highest BCUT2D eigenvalue weighted by Gasteiger charge is 2.07. The number of rotatable bonds is 8. The highest BCUT2D eigenvalue weighted by molar-refractivity contribution is 4.63. The molecule has 0 fully saturated rings. The third kappa shape index (κ3) is 6.95. The maximum absolute atomic E-state index is 5.50. The molecule has 0 spiro atoms. The summed E-state index contributed by atoms with van der Waals surface area (Å²) >= 11 is 0. The summed E-state index contributed by atoms with van der Waals surface area (Å²) in [5.41, 5.74) is 5.50. The lowest BCUT2D eigenvalue weighted by Crippen LogP contribution is -2.37. The molecule has 0 aliphatic heterocycles. The van der Waals surface area contributed by atoms with Gasteiger partial charge in [-0.1, -0.05) is 0 Å². The first-order chi connectivity index (χ1) is 6.24. The van der Waals surface area contributed by atoms with E-state index in [9.17, 15) is 0 Å². The molecule has 0 aromatic rings. The van der Waals surface area contributed by atoms with Crippen molar-refractivity contribution in [2.45, 2.75) is 13.0 Å². The molecule has 0 aliphatic rings. The van der Waals surface area contributed by atoms with Gasteiger partial charge in [0.05, 0.1) is 12.7 Å². The summed E-state index contributed by atoms with van der Waals surface area (Å²) in [6.45, 7) is 5.90. The average molecular weight is 190 g/mol. The molecule has 0 radical (unpaired) electrons. The van der Waals surface area contributed by atoms with E-state index in [0.717, 1.165) is 26.3 Å². The molecule has 1 unspecified atom stereocenters. The van der Waals surface area contributed by atoms with Crippen molar-refractivity contribution in [3.8, 4) is 0 Å². The van der Waals surface area contributed by atoms with Gasteiger partial charge in [0.25, 0.3) is 0 Å². The maximum atomic E-state index is 5.50. The Morgan fingerprint density at radius 3 is 2.62 bits per heavy atom. The predicted octanol–water partition coefficient (Wildman–Crippen LogP) is -0.0716. The molecular weight excluding hydrogens is 168 g/mol. The van der Waals surface area contributed by atoms with Crippen molar-refractivity contribution in [3.05, 3.63) is 0 Å². The van der Waals surface area contributed by atoms with E-state index < -0.39 is 0 Å². The fraction of sp³-hybridized carbons (Fsp3) is 1.00. The first kappa shape index (κ1) is 12.8. The van der Waals surface area contributed by atoms with Crippen LogP contribution in [0.2, 0.25) is 0 Å². The van der Waals surface area contributed by atoms with Crippen LogP contribution in [0.1, 0.15) is 6.92 Å². The average Bonchev–Trinajstić information content (AvgIpc) is 2.14. The minimum absolute atomic E-state index is 0.131. The molecule has 0 saturated carbocycles. The second kappa shape index (κ2) is 8.44. The van der Waals surface area contributed by atoms with Crippen LogP contribution in [-0.4, -0.2) is 58.0 Å². The number of hydrogen-bond acceptors (Lipinski definition) is 4. The molecule has 0 saturated heterocycles. The number of nitrogens with zero attached hydrogens (tertiary/aromatic N) is 1. The smallest absolute Gasteiger partial charge is 0.0820 e. The highest BCUT2D eigenvalue weighted by Crippen LogP contribution is 1.91. The van der Waals surface area contributed by atoms with Gasteiger partial charge in [0, 0.05) is 33.4 Å². The van der Waals surface area contributed by atoms with E-state index in [4.69, 9.17) is 15.2 Å². The Bertz CT molecular complexity index is 108. The van der Waals surface area contributed by atoms with E-state index in [-0.39, 0.29) is 6.10 Å². The predicted molar refractivity (Wildman–Crippen MR) is 53.8 cm³/mol. The van der Waals surface area contributed by atoms with Gasteiger partial charge < -0.3 is 20.1 Å². The summed E-state index contributed by atoms with van der Waals surface area (Å²) in [5.74, 6) is 0. The molecule has 13 heavy (non-hydrogen) atoms. The standard InChI is InChI=1S/C9H22N2O2/c1-4-13-6-5-11(2)8-9(7-10)12-3/h9H,4-8,10H2,1-3H3. The SMILES string of the molecule is CCOCCN(C)CC(CN)OC. The van der Waals surface area contributed by atoms with Gasteiger partial charge in [-0.25, -0.2) is 0 Å². The Labute approximate surface area is 81.0 Å². The van der Waals surface area contributed by atoms with Crippen molar-refractivity contribution < 1.29 is 9.47 Å². The van der Waals surface area contributed by atoms with Crippen LogP contribution in [0.15, 0.2) is 0 Å². The second-order valence-electron chi connectivity index (χ2n) is 3.05. The lowest BCUT2D eigenvalue weighted by Gasteiger charge is -2.21. The minimum atomic E-state index is 0.131. The summed E-state index contributed by atoms with van der Waals surface area (Å²) in [7, 11) is 3.73. The molecule has 4 nitrogen and oxygen atoms in total. The summed E-state index contributed by atoms with van der Waals surface area (Å²) in [6, 6.07) is 0. The van der Waals surface area contributed by atoms with Crippen LogP contribution < -0.4 is 5.73 Å². The topological polar surface area (TPSA) is 47.7 Å². The van der Waals surface area contributed by atoms with Crippen LogP contribution in [0, 0.1) is 0 Å². The first-order valence-corrected chi connectivity index (χ1v) is 4.73. The van der Waals surface area contributed by atoms with Crippen molar-refractivity contribution in [2.24, 2.45) is 5.73 Å². The molecule has 1 atom stereocenters. The van der Waals surface area contributed by atoms with Crippen LogP contribution in [-0.2, 0) is 9.47 Å². The molecule has 0 rings (SSSR count). The van der Waals surface area contributed by atoms with E-state index in [1.807, 2.05) is 14.0 Å². The van der Waals surface area contributed by atoms with E-state index in [2.05, 4.69) is 4.90 Å². The van der Waals surface area contributed by atoms with Gasteiger partial charge in [-0.2, -0.15) is 0 Å². The van der Waals surface area contributed by atoms with Gasteiger partial charge >= 0.3 is 0 Å². The third-order valence-electron chi connectivity index (χ3n) is 1.93. The Morgan fingerprint density at radius 2 is 2.15 bits per heavy atom. The molecule has 0 aromatic heterocycles. The number of hydrogen-bond donors (Lipinski definition) is 1. The zero-order valence-electron chi connectivity index (χ0n) is 8.95. The van der Waals surface area contributed by atoms with Gasteiger partial charge in [0.15, 0.2) is 0 Å². The third-order valence-corrected chi connectivity index (χ3v) is 1.93. The number of methoxy groups -OCH3 is 1. The van der Waals surface area contributed by atoms with Crippen molar-refractivity contribution >= 4 is 0 Å². The molecular formula is C9H22N2O2. The van der Waals surface area contributed by atoms with Crippen molar-refractivity contribution in [2.75, 3.05) is 47.0 Å². The Morgan fingerprint density at radius 1 is 1.46 bits per heavy atom. The zero-order valence-corrected chi connectivity index (χ0v) is 8.95. The van der Waals surface area contributed by atoms with Crippen molar-refractivity contribution in [3.63, 3.8) is 0 Å². The maximum Gasteiger partial charge on any atom is 0.0820 e. The van der Waals surface area contributed by atoms with Gasteiger partial charge in [-0.3, -0.25) is 0 Å². The molecule has 2 N–H and O–H groups in total. The lowest BCUT2D eigenvalue weighted by atomic mass is 10.3. The van der Waals surface area contributed by atoms with Crippen molar-refractivity contribution in [1.82, 2.24) is 4.90 Å². The van der Waals surface area contributed by atoms with Gasteiger partial charge in [0.1, 0.15) is 0 Å². The Kier molecular flexibility index (Phi) is 8.33. The fourth-order valence-corrected chi connectivity index (χ4v) is 1.05. The summed E-state index contributed by atoms with van der Waals surface area (Å²) in [5, 5.41) is 0. The first-order valence-electron chi connectivity index (χ1n) is 4.73. The largest absolute Gasteiger partial charge is 0.380 e. The minimum Gasteiger partial charge on any atom is -0.380 e. The van der Waals surface area contributed by atoms with Gasteiger partial charge in [-0.15, -0.1) is 0 Å². The number of ether oxygens (including phenoxy) is 2. The summed E-state index contributed by atoms with van der Waals surface area (Å²) in [4.78, 5) is 2.16. The van der Waals surface area contributed by atoms with Crippen LogP contribution in [0.5, 0.6) is 0 Å². The monoisotopic (exact) mass is 190 g/mol. The van der Waals surface area contributed by atoms with E-state index in [1.54, 1.807) is 7.11 Å². The Hall–Kier alpha value is -0.160. The molecule has 4 heteroatoms. The van der Waals surface area contributed by atoms with Gasteiger partial charge in [0.2, 0.25) is 0 Å². The quantitative estimate of drug-likeness (QED) is 0.544. The summed E-state index contributed by atoms with van der Waals surface area (Å²) < 4.78 is 10.4.